The van der Waals surface area contributed by atoms with Crippen molar-refractivity contribution >= 4 is 10.9 Å². The Morgan fingerprint density at radius 2 is 1.95 bits per heavy atom. The zero-order valence-corrected chi connectivity index (χ0v) is 12.4. The van der Waals surface area contributed by atoms with Gasteiger partial charge in [0.1, 0.15) is 0 Å². The van der Waals surface area contributed by atoms with Crippen molar-refractivity contribution in [3.8, 4) is 0 Å². The van der Waals surface area contributed by atoms with E-state index in [0.29, 0.717) is 6.04 Å². The van der Waals surface area contributed by atoms with E-state index in [4.69, 9.17) is 5.73 Å². The molecule has 3 N–H and O–H groups in total. The van der Waals surface area contributed by atoms with Crippen LogP contribution in [0.15, 0.2) is 30.5 Å². The van der Waals surface area contributed by atoms with Crippen LogP contribution < -0.4 is 5.73 Å². The van der Waals surface area contributed by atoms with Gasteiger partial charge in [0.2, 0.25) is 0 Å². The first-order chi connectivity index (χ1) is 8.97. The predicted octanol–water partition coefficient (Wildman–Crippen LogP) is 3.15. The van der Waals surface area contributed by atoms with Crippen molar-refractivity contribution < 1.29 is 0 Å². The molecular formula is C16H25N3. The molecule has 0 bridgehead atoms. The first-order valence-electron chi connectivity index (χ1n) is 6.90. The van der Waals surface area contributed by atoms with Crippen molar-refractivity contribution in [2.45, 2.75) is 26.3 Å². The minimum absolute atomic E-state index is 0.142. The normalized spacial score (nSPS) is 14.2. The van der Waals surface area contributed by atoms with E-state index >= 15 is 0 Å². The van der Waals surface area contributed by atoms with E-state index in [2.05, 4.69) is 68.3 Å². The van der Waals surface area contributed by atoms with Crippen LogP contribution in [0.2, 0.25) is 0 Å². The van der Waals surface area contributed by atoms with Crippen LogP contribution in [0.25, 0.3) is 10.9 Å². The zero-order valence-electron chi connectivity index (χ0n) is 12.4. The Bertz CT molecular complexity index is 540. The summed E-state index contributed by atoms with van der Waals surface area (Å²) in [4.78, 5) is 5.68. The number of aromatic amines is 1. The Labute approximate surface area is 115 Å². The first-order valence-corrected chi connectivity index (χ1v) is 6.90. The molecule has 2 rings (SSSR count). The number of aromatic nitrogens is 1. The van der Waals surface area contributed by atoms with E-state index in [-0.39, 0.29) is 5.41 Å². The minimum Gasteiger partial charge on any atom is -0.361 e. The molecule has 3 nitrogen and oxygen atoms in total. The number of nitrogens with zero attached hydrogens (tertiary/aromatic N) is 1. The molecule has 1 aromatic heterocycles. The van der Waals surface area contributed by atoms with Crippen molar-refractivity contribution in [1.82, 2.24) is 9.88 Å². The lowest BCUT2D eigenvalue weighted by atomic mass is 9.77. The van der Waals surface area contributed by atoms with Gasteiger partial charge in [0, 0.05) is 23.1 Å². The van der Waals surface area contributed by atoms with Crippen LogP contribution in [0.5, 0.6) is 0 Å². The SMILES string of the molecule is CN(C)C(c1c[nH]c2ccccc12)C(C)(C)CCN. The minimum atomic E-state index is 0.142. The molecular weight excluding hydrogens is 234 g/mol. The topological polar surface area (TPSA) is 45.0 Å². The number of nitrogens with two attached hydrogens (primary N) is 1. The highest BCUT2D eigenvalue weighted by Crippen LogP contribution is 2.41. The van der Waals surface area contributed by atoms with Gasteiger partial charge in [-0.15, -0.1) is 0 Å². The first kappa shape index (κ1) is 14.1. The molecule has 0 saturated heterocycles. The maximum atomic E-state index is 5.79. The predicted molar refractivity (Wildman–Crippen MR) is 82.2 cm³/mol. The Balaban J connectivity index is 2.50. The fourth-order valence-electron chi connectivity index (χ4n) is 3.23. The molecule has 0 aliphatic rings. The van der Waals surface area contributed by atoms with Gasteiger partial charge in [-0.05, 0) is 44.1 Å². The van der Waals surface area contributed by atoms with E-state index in [1.807, 2.05) is 0 Å². The molecule has 0 saturated carbocycles. The second-order valence-electron chi connectivity index (χ2n) is 6.18. The van der Waals surface area contributed by atoms with Crippen LogP contribution >= 0.6 is 0 Å². The highest BCUT2D eigenvalue weighted by Gasteiger charge is 2.33. The van der Waals surface area contributed by atoms with E-state index in [1.54, 1.807) is 0 Å². The molecule has 1 unspecified atom stereocenters. The summed E-state index contributed by atoms with van der Waals surface area (Å²) in [5, 5.41) is 1.31. The zero-order chi connectivity index (χ0) is 14.0. The number of H-pyrrole nitrogens is 1. The molecule has 1 aromatic carbocycles. The van der Waals surface area contributed by atoms with Crippen LogP contribution in [0.1, 0.15) is 31.9 Å². The van der Waals surface area contributed by atoms with Crippen molar-refractivity contribution in [3.05, 3.63) is 36.0 Å². The quantitative estimate of drug-likeness (QED) is 0.866. The lowest BCUT2D eigenvalue weighted by molar-refractivity contribution is 0.130. The molecule has 3 heteroatoms. The van der Waals surface area contributed by atoms with Crippen LogP contribution in [0, 0.1) is 5.41 Å². The summed E-state index contributed by atoms with van der Waals surface area (Å²) >= 11 is 0. The third kappa shape index (κ3) is 2.67. The van der Waals surface area contributed by atoms with Crippen LogP contribution in [-0.2, 0) is 0 Å². The summed E-state index contributed by atoms with van der Waals surface area (Å²) in [7, 11) is 4.29. The van der Waals surface area contributed by atoms with E-state index in [0.717, 1.165) is 13.0 Å². The highest BCUT2D eigenvalue weighted by atomic mass is 15.1. The summed E-state index contributed by atoms with van der Waals surface area (Å²) in [6, 6.07) is 8.84. The number of para-hydroxylation sites is 1. The van der Waals surface area contributed by atoms with Gasteiger partial charge in [0.15, 0.2) is 0 Å². The molecule has 0 aliphatic carbocycles. The van der Waals surface area contributed by atoms with Crippen molar-refractivity contribution in [2.24, 2.45) is 11.1 Å². The second-order valence-corrected chi connectivity index (χ2v) is 6.18. The van der Waals surface area contributed by atoms with Crippen molar-refractivity contribution in [1.29, 1.82) is 0 Å². The fraction of sp³-hybridized carbons (Fsp3) is 0.500. The molecule has 0 radical (unpaired) electrons. The van der Waals surface area contributed by atoms with E-state index < -0.39 is 0 Å². The average Bonchev–Trinajstić information content (AvgIpc) is 2.72. The van der Waals surface area contributed by atoms with Gasteiger partial charge in [-0.1, -0.05) is 32.0 Å². The molecule has 19 heavy (non-hydrogen) atoms. The molecule has 0 fully saturated rings. The molecule has 1 atom stereocenters. The third-order valence-electron chi connectivity index (χ3n) is 3.96. The van der Waals surface area contributed by atoms with Crippen LogP contribution in [-0.4, -0.2) is 30.5 Å². The number of fused-ring (bicyclic) bond motifs is 1. The Hall–Kier alpha value is -1.32. The molecule has 2 aromatic rings. The number of rotatable bonds is 5. The van der Waals surface area contributed by atoms with Gasteiger partial charge in [0.05, 0.1) is 0 Å². The number of hydrogen-bond acceptors (Lipinski definition) is 2. The van der Waals surface area contributed by atoms with Gasteiger partial charge >= 0.3 is 0 Å². The van der Waals surface area contributed by atoms with E-state index in [9.17, 15) is 0 Å². The summed E-state index contributed by atoms with van der Waals surface area (Å²) in [5.41, 5.74) is 8.50. The highest BCUT2D eigenvalue weighted by molar-refractivity contribution is 5.83. The Morgan fingerprint density at radius 1 is 1.26 bits per heavy atom. The smallest absolute Gasteiger partial charge is 0.0457 e. The summed E-state index contributed by atoms with van der Waals surface area (Å²) in [6.45, 7) is 5.32. The molecule has 0 spiro atoms. The molecule has 104 valence electrons. The van der Waals surface area contributed by atoms with Crippen LogP contribution in [0.4, 0.5) is 0 Å². The second kappa shape index (κ2) is 5.35. The van der Waals surface area contributed by atoms with E-state index in [1.165, 1.54) is 16.5 Å². The molecule has 0 aliphatic heterocycles. The average molecular weight is 259 g/mol. The number of nitrogens with one attached hydrogen (secondary N) is 1. The third-order valence-corrected chi connectivity index (χ3v) is 3.96. The lowest BCUT2D eigenvalue weighted by Gasteiger charge is -2.38. The van der Waals surface area contributed by atoms with Crippen molar-refractivity contribution in [2.75, 3.05) is 20.6 Å². The summed E-state index contributed by atoms with van der Waals surface area (Å²) in [6.07, 6.45) is 3.16. The largest absolute Gasteiger partial charge is 0.361 e. The van der Waals surface area contributed by atoms with Crippen LogP contribution in [0.3, 0.4) is 0 Å². The maximum Gasteiger partial charge on any atom is 0.0457 e. The molecule has 0 amide bonds. The summed E-state index contributed by atoms with van der Waals surface area (Å²) < 4.78 is 0. The van der Waals surface area contributed by atoms with Gasteiger partial charge < -0.3 is 15.6 Å². The van der Waals surface area contributed by atoms with Gasteiger partial charge in [-0.25, -0.2) is 0 Å². The van der Waals surface area contributed by atoms with Gasteiger partial charge in [-0.2, -0.15) is 0 Å². The summed E-state index contributed by atoms with van der Waals surface area (Å²) in [5.74, 6) is 0. The monoisotopic (exact) mass is 259 g/mol. The Morgan fingerprint density at radius 3 is 2.58 bits per heavy atom. The number of hydrogen-bond donors (Lipinski definition) is 2. The van der Waals surface area contributed by atoms with Gasteiger partial charge in [0.25, 0.3) is 0 Å². The fourth-order valence-corrected chi connectivity index (χ4v) is 3.23. The lowest BCUT2D eigenvalue weighted by Crippen LogP contribution is -2.35. The Kier molecular flexibility index (Phi) is 3.97. The van der Waals surface area contributed by atoms with Crippen molar-refractivity contribution in [3.63, 3.8) is 0 Å². The van der Waals surface area contributed by atoms with Gasteiger partial charge in [-0.3, -0.25) is 0 Å². The number of benzene rings is 1. The maximum absolute atomic E-state index is 5.79. The molecule has 1 heterocycles. The standard InChI is InChI=1S/C16H25N3/c1-16(2,9-10-17)15(19(3)4)13-11-18-14-8-6-5-7-12(13)14/h5-8,11,15,18H,9-10,17H2,1-4H3.